The standard InChI is InChI=1S/C12H16N4S/c13-5-1-6-16(9-2-3-9)12-11-10(4-7-17-11)14-8-15-12/h4,7-9H,1-3,5-6,13H2. The van der Waals surface area contributed by atoms with Crippen LogP contribution < -0.4 is 10.6 Å². The Hall–Kier alpha value is -1.20. The molecule has 0 aromatic carbocycles. The van der Waals surface area contributed by atoms with E-state index < -0.39 is 0 Å². The third kappa shape index (κ3) is 2.12. The third-order valence-corrected chi connectivity index (χ3v) is 3.99. The Morgan fingerprint density at radius 1 is 1.41 bits per heavy atom. The Morgan fingerprint density at radius 3 is 3.06 bits per heavy atom. The van der Waals surface area contributed by atoms with Gasteiger partial charge < -0.3 is 10.6 Å². The first-order chi connectivity index (χ1) is 8.40. The normalized spacial score (nSPS) is 15.4. The fraction of sp³-hybridized carbons (Fsp3) is 0.500. The van der Waals surface area contributed by atoms with Crippen molar-refractivity contribution in [2.45, 2.75) is 25.3 Å². The first-order valence-electron chi connectivity index (χ1n) is 6.05. The number of aromatic nitrogens is 2. The van der Waals surface area contributed by atoms with Gasteiger partial charge in [-0.05, 0) is 37.3 Å². The lowest BCUT2D eigenvalue weighted by Gasteiger charge is -2.23. The molecule has 0 unspecified atom stereocenters. The van der Waals surface area contributed by atoms with Crippen LogP contribution in [0.1, 0.15) is 19.3 Å². The minimum absolute atomic E-state index is 0.668. The van der Waals surface area contributed by atoms with Gasteiger partial charge in [-0.1, -0.05) is 0 Å². The molecule has 5 heteroatoms. The number of anilines is 1. The van der Waals surface area contributed by atoms with Gasteiger partial charge in [0.2, 0.25) is 0 Å². The summed E-state index contributed by atoms with van der Waals surface area (Å²) in [6.45, 7) is 1.74. The number of hydrogen-bond acceptors (Lipinski definition) is 5. The van der Waals surface area contributed by atoms with Gasteiger partial charge in [-0.15, -0.1) is 11.3 Å². The van der Waals surface area contributed by atoms with E-state index >= 15 is 0 Å². The largest absolute Gasteiger partial charge is 0.352 e. The number of nitrogens with two attached hydrogens (primary N) is 1. The first kappa shape index (κ1) is 10.9. The van der Waals surface area contributed by atoms with Gasteiger partial charge in [0.25, 0.3) is 0 Å². The molecule has 0 spiro atoms. The van der Waals surface area contributed by atoms with Gasteiger partial charge in [-0.25, -0.2) is 9.97 Å². The summed E-state index contributed by atoms with van der Waals surface area (Å²) >= 11 is 1.72. The van der Waals surface area contributed by atoms with Crippen molar-refractivity contribution in [3.63, 3.8) is 0 Å². The highest BCUT2D eigenvalue weighted by Gasteiger charge is 2.30. The molecule has 2 heterocycles. The zero-order valence-corrected chi connectivity index (χ0v) is 10.5. The molecule has 2 aromatic heterocycles. The zero-order chi connectivity index (χ0) is 11.7. The molecule has 1 saturated carbocycles. The molecule has 2 aromatic rings. The summed E-state index contributed by atoms with van der Waals surface area (Å²) in [5.74, 6) is 1.10. The van der Waals surface area contributed by atoms with Crippen molar-refractivity contribution in [1.29, 1.82) is 0 Å². The molecule has 0 aliphatic heterocycles. The maximum atomic E-state index is 5.61. The van der Waals surface area contributed by atoms with E-state index in [9.17, 15) is 0 Å². The smallest absolute Gasteiger partial charge is 0.150 e. The minimum Gasteiger partial charge on any atom is -0.352 e. The van der Waals surface area contributed by atoms with E-state index in [1.807, 2.05) is 0 Å². The van der Waals surface area contributed by atoms with Crippen LogP contribution in [0.25, 0.3) is 10.2 Å². The van der Waals surface area contributed by atoms with Gasteiger partial charge in [0.1, 0.15) is 12.1 Å². The van der Waals surface area contributed by atoms with Crippen LogP contribution in [0.4, 0.5) is 5.82 Å². The van der Waals surface area contributed by atoms with E-state index in [1.165, 1.54) is 17.5 Å². The van der Waals surface area contributed by atoms with Crippen LogP contribution in [0, 0.1) is 0 Å². The second-order valence-corrected chi connectivity index (χ2v) is 5.32. The molecule has 0 radical (unpaired) electrons. The van der Waals surface area contributed by atoms with E-state index in [0.717, 1.165) is 30.8 Å². The Labute approximate surface area is 104 Å². The van der Waals surface area contributed by atoms with Crippen molar-refractivity contribution in [3.05, 3.63) is 17.8 Å². The predicted octanol–water partition coefficient (Wildman–Crippen LogP) is 2.01. The van der Waals surface area contributed by atoms with Crippen LogP contribution in [-0.2, 0) is 0 Å². The number of hydrogen-bond donors (Lipinski definition) is 1. The molecular formula is C12H16N4S. The molecule has 1 aliphatic rings. The van der Waals surface area contributed by atoms with E-state index in [-0.39, 0.29) is 0 Å². The maximum absolute atomic E-state index is 5.61. The number of rotatable bonds is 5. The fourth-order valence-corrected chi connectivity index (χ4v) is 2.94. The second kappa shape index (κ2) is 4.58. The molecule has 17 heavy (non-hydrogen) atoms. The van der Waals surface area contributed by atoms with Gasteiger partial charge >= 0.3 is 0 Å². The van der Waals surface area contributed by atoms with Crippen molar-refractivity contribution in [2.75, 3.05) is 18.0 Å². The lowest BCUT2D eigenvalue weighted by atomic mass is 10.3. The number of thiophene rings is 1. The van der Waals surface area contributed by atoms with Gasteiger partial charge in [0.15, 0.2) is 0 Å². The van der Waals surface area contributed by atoms with Crippen LogP contribution in [0.2, 0.25) is 0 Å². The van der Waals surface area contributed by atoms with Crippen LogP contribution in [0.5, 0.6) is 0 Å². The topological polar surface area (TPSA) is 55.0 Å². The average molecular weight is 248 g/mol. The summed E-state index contributed by atoms with van der Waals surface area (Å²) < 4.78 is 1.21. The minimum atomic E-state index is 0.668. The summed E-state index contributed by atoms with van der Waals surface area (Å²) in [4.78, 5) is 11.2. The Kier molecular flexibility index (Phi) is 2.94. The first-order valence-corrected chi connectivity index (χ1v) is 6.93. The van der Waals surface area contributed by atoms with Crippen molar-refractivity contribution in [1.82, 2.24) is 9.97 Å². The molecule has 4 nitrogen and oxygen atoms in total. The molecule has 0 atom stereocenters. The Balaban J connectivity index is 1.96. The molecule has 0 bridgehead atoms. The van der Waals surface area contributed by atoms with Crippen molar-refractivity contribution in [2.24, 2.45) is 5.73 Å². The highest BCUT2D eigenvalue weighted by molar-refractivity contribution is 7.17. The SMILES string of the molecule is NCCCN(c1ncnc2ccsc12)C1CC1. The quantitative estimate of drug-likeness (QED) is 0.879. The summed E-state index contributed by atoms with van der Waals surface area (Å²) in [6.07, 6.45) is 5.25. The summed E-state index contributed by atoms with van der Waals surface area (Å²) in [5.41, 5.74) is 6.67. The van der Waals surface area contributed by atoms with Crippen LogP contribution in [-0.4, -0.2) is 29.1 Å². The molecule has 90 valence electrons. The van der Waals surface area contributed by atoms with E-state index in [2.05, 4.69) is 26.3 Å². The fourth-order valence-electron chi connectivity index (χ4n) is 2.09. The van der Waals surface area contributed by atoms with E-state index in [1.54, 1.807) is 17.7 Å². The van der Waals surface area contributed by atoms with Crippen LogP contribution >= 0.6 is 11.3 Å². The zero-order valence-electron chi connectivity index (χ0n) is 9.67. The molecule has 0 amide bonds. The summed E-state index contributed by atoms with van der Waals surface area (Å²) in [6, 6.07) is 2.72. The molecule has 2 N–H and O–H groups in total. The molecule has 1 fully saturated rings. The lowest BCUT2D eigenvalue weighted by Crippen LogP contribution is -2.29. The monoisotopic (exact) mass is 248 g/mol. The molecule has 1 aliphatic carbocycles. The van der Waals surface area contributed by atoms with Crippen molar-refractivity contribution < 1.29 is 0 Å². The van der Waals surface area contributed by atoms with Crippen molar-refractivity contribution >= 4 is 27.4 Å². The third-order valence-electron chi connectivity index (χ3n) is 3.09. The lowest BCUT2D eigenvalue weighted by molar-refractivity contribution is 0.725. The molecular weight excluding hydrogens is 232 g/mol. The number of fused-ring (bicyclic) bond motifs is 1. The van der Waals surface area contributed by atoms with Gasteiger partial charge in [0, 0.05) is 12.6 Å². The highest BCUT2D eigenvalue weighted by Crippen LogP contribution is 2.35. The predicted molar refractivity (Wildman–Crippen MR) is 71.5 cm³/mol. The van der Waals surface area contributed by atoms with Crippen molar-refractivity contribution in [3.8, 4) is 0 Å². The molecule has 0 saturated heterocycles. The molecule has 3 rings (SSSR count). The maximum Gasteiger partial charge on any atom is 0.150 e. The van der Waals surface area contributed by atoms with Crippen LogP contribution in [0.3, 0.4) is 0 Å². The Bertz CT molecular complexity index is 506. The van der Waals surface area contributed by atoms with Crippen LogP contribution in [0.15, 0.2) is 17.8 Å². The summed E-state index contributed by atoms with van der Waals surface area (Å²) in [7, 11) is 0. The summed E-state index contributed by atoms with van der Waals surface area (Å²) in [5, 5.41) is 2.08. The van der Waals surface area contributed by atoms with Gasteiger partial charge in [-0.2, -0.15) is 0 Å². The van der Waals surface area contributed by atoms with E-state index in [4.69, 9.17) is 5.73 Å². The Morgan fingerprint density at radius 2 is 2.29 bits per heavy atom. The number of nitrogens with zero attached hydrogens (tertiary/aromatic N) is 3. The second-order valence-electron chi connectivity index (χ2n) is 4.40. The highest BCUT2D eigenvalue weighted by atomic mass is 32.1. The van der Waals surface area contributed by atoms with Gasteiger partial charge in [-0.3, -0.25) is 0 Å². The average Bonchev–Trinajstić information content (AvgIpc) is 3.07. The van der Waals surface area contributed by atoms with E-state index in [0.29, 0.717) is 6.04 Å². The van der Waals surface area contributed by atoms with Gasteiger partial charge in [0.05, 0.1) is 10.2 Å².